The fraction of sp³-hybridized carbons (Fsp3) is 0.263. The third kappa shape index (κ3) is 3.91. The van der Waals surface area contributed by atoms with E-state index in [0.29, 0.717) is 25.1 Å². The number of rotatable bonds is 5. The average Bonchev–Trinajstić information content (AvgIpc) is 3.32. The molecule has 1 unspecified atom stereocenters. The molecule has 1 aliphatic heterocycles. The maximum absolute atomic E-state index is 13.3. The SMILES string of the molecule is O=S(=O)(Cc1cccc(F)c1)N1CCC(n2cc(-c3ccccc3)nn2)C1. The lowest BCUT2D eigenvalue weighted by Crippen LogP contribution is -2.30. The van der Waals surface area contributed by atoms with Crippen molar-refractivity contribution in [2.75, 3.05) is 13.1 Å². The van der Waals surface area contributed by atoms with Crippen LogP contribution in [-0.4, -0.2) is 40.8 Å². The lowest BCUT2D eigenvalue weighted by Gasteiger charge is -2.16. The molecule has 0 radical (unpaired) electrons. The highest BCUT2D eigenvalue weighted by Gasteiger charge is 2.33. The van der Waals surface area contributed by atoms with E-state index in [1.165, 1.54) is 22.5 Å². The van der Waals surface area contributed by atoms with Crippen LogP contribution in [0, 0.1) is 5.82 Å². The number of sulfonamides is 1. The largest absolute Gasteiger partial charge is 0.247 e. The van der Waals surface area contributed by atoms with Crippen LogP contribution in [0.2, 0.25) is 0 Å². The van der Waals surface area contributed by atoms with Gasteiger partial charge < -0.3 is 0 Å². The molecule has 140 valence electrons. The zero-order valence-corrected chi connectivity index (χ0v) is 15.4. The van der Waals surface area contributed by atoms with Crippen LogP contribution in [0.3, 0.4) is 0 Å². The second-order valence-electron chi connectivity index (χ2n) is 6.64. The molecule has 1 saturated heterocycles. The van der Waals surface area contributed by atoms with Crippen LogP contribution in [0.15, 0.2) is 60.8 Å². The molecule has 0 N–H and O–H groups in total. The normalized spacial score (nSPS) is 18.0. The Morgan fingerprint density at radius 1 is 1.11 bits per heavy atom. The van der Waals surface area contributed by atoms with Gasteiger partial charge in [-0.25, -0.2) is 17.5 Å². The molecule has 0 spiro atoms. The summed E-state index contributed by atoms with van der Waals surface area (Å²) < 4.78 is 41.9. The molecule has 1 aromatic heterocycles. The lowest BCUT2D eigenvalue weighted by atomic mass is 10.2. The number of nitrogens with zero attached hydrogens (tertiary/aromatic N) is 4. The zero-order chi connectivity index (χ0) is 18.9. The topological polar surface area (TPSA) is 68.1 Å². The van der Waals surface area contributed by atoms with Crippen LogP contribution in [0.1, 0.15) is 18.0 Å². The number of aromatic nitrogens is 3. The second kappa shape index (κ2) is 7.21. The van der Waals surface area contributed by atoms with Crippen molar-refractivity contribution in [3.8, 4) is 11.3 Å². The summed E-state index contributed by atoms with van der Waals surface area (Å²) >= 11 is 0. The Morgan fingerprint density at radius 3 is 2.70 bits per heavy atom. The maximum atomic E-state index is 13.3. The third-order valence-electron chi connectivity index (χ3n) is 4.71. The summed E-state index contributed by atoms with van der Waals surface area (Å²) in [6.45, 7) is 0.762. The first-order chi connectivity index (χ1) is 13.0. The summed E-state index contributed by atoms with van der Waals surface area (Å²) in [5, 5.41) is 8.38. The van der Waals surface area contributed by atoms with Gasteiger partial charge in [0, 0.05) is 18.7 Å². The molecular weight excluding hydrogens is 367 g/mol. The van der Waals surface area contributed by atoms with Gasteiger partial charge in [0.2, 0.25) is 10.0 Å². The first-order valence-electron chi connectivity index (χ1n) is 8.71. The molecule has 2 aromatic carbocycles. The molecule has 1 fully saturated rings. The minimum atomic E-state index is -3.51. The number of benzene rings is 2. The minimum absolute atomic E-state index is 0.0581. The molecule has 27 heavy (non-hydrogen) atoms. The summed E-state index contributed by atoms with van der Waals surface area (Å²) in [7, 11) is -3.51. The first kappa shape index (κ1) is 17.8. The van der Waals surface area contributed by atoms with E-state index in [1.54, 1.807) is 10.7 Å². The molecule has 0 aliphatic carbocycles. The summed E-state index contributed by atoms with van der Waals surface area (Å²) in [6, 6.07) is 15.4. The Morgan fingerprint density at radius 2 is 1.93 bits per heavy atom. The maximum Gasteiger partial charge on any atom is 0.218 e. The van der Waals surface area contributed by atoms with E-state index in [9.17, 15) is 12.8 Å². The fourth-order valence-corrected chi connectivity index (χ4v) is 4.87. The first-order valence-corrected chi connectivity index (χ1v) is 10.3. The second-order valence-corrected chi connectivity index (χ2v) is 8.61. The Labute approximate surface area is 157 Å². The monoisotopic (exact) mass is 386 g/mol. The van der Waals surface area contributed by atoms with Gasteiger partial charge >= 0.3 is 0 Å². The van der Waals surface area contributed by atoms with Crippen LogP contribution in [0.5, 0.6) is 0 Å². The van der Waals surface area contributed by atoms with Gasteiger partial charge in [0.15, 0.2) is 0 Å². The van der Waals surface area contributed by atoms with Gasteiger partial charge in [-0.1, -0.05) is 47.7 Å². The summed E-state index contributed by atoms with van der Waals surface area (Å²) in [5.41, 5.74) is 2.18. The van der Waals surface area contributed by atoms with Crippen molar-refractivity contribution in [1.29, 1.82) is 0 Å². The smallest absolute Gasteiger partial charge is 0.218 e. The third-order valence-corrected chi connectivity index (χ3v) is 6.53. The van der Waals surface area contributed by atoms with Gasteiger partial charge in [0.05, 0.1) is 18.0 Å². The van der Waals surface area contributed by atoms with Gasteiger partial charge in [-0.2, -0.15) is 4.31 Å². The van der Waals surface area contributed by atoms with Crippen LogP contribution in [-0.2, 0) is 15.8 Å². The minimum Gasteiger partial charge on any atom is -0.247 e. The Bertz CT molecular complexity index is 1040. The quantitative estimate of drug-likeness (QED) is 0.676. The van der Waals surface area contributed by atoms with Crippen molar-refractivity contribution in [3.63, 3.8) is 0 Å². The molecular formula is C19H19FN4O2S. The molecule has 0 bridgehead atoms. The van der Waals surface area contributed by atoms with Crippen LogP contribution in [0.4, 0.5) is 4.39 Å². The van der Waals surface area contributed by atoms with Gasteiger partial charge in [-0.05, 0) is 24.1 Å². The predicted octanol–water partition coefficient (Wildman–Crippen LogP) is 2.86. The zero-order valence-electron chi connectivity index (χ0n) is 14.6. The summed E-state index contributed by atoms with van der Waals surface area (Å²) in [5.74, 6) is -0.637. The van der Waals surface area contributed by atoms with Gasteiger partial charge in [-0.15, -0.1) is 5.10 Å². The summed E-state index contributed by atoms with van der Waals surface area (Å²) in [6.07, 6.45) is 2.52. The van der Waals surface area contributed by atoms with Crippen molar-refractivity contribution in [2.45, 2.75) is 18.2 Å². The van der Waals surface area contributed by atoms with Gasteiger partial charge in [0.1, 0.15) is 11.5 Å². The molecule has 2 heterocycles. The molecule has 8 heteroatoms. The van der Waals surface area contributed by atoms with Crippen molar-refractivity contribution in [1.82, 2.24) is 19.3 Å². The van der Waals surface area contributed by atoms with Crippen molar-refractivity contribution >= 4 is 10.0 Å². The van der Waals surface area contributed by atoms with E-state index >= 15 is 0 Å². The Kier molecular flexibility index (Phi) is 4.75. The highest BCUT2D eigenvalue weighted by molar-refractivity contribution is 7.88. The van der Waals surface area contributed by atoms with Gasteiger partial charge in [-0.3, -0.25) is 0 Å². The van der Waals surface area contributed by atoms with Crippen LogP contribution in [0.25, 0.3) is 11.3 Å². The Hall–Kier alpha value is -2.58. The Balaban J connectivity index is 1.46. The highest BCUT2D eigenvalue weighted by Crippen LogP contribution is 2.26. The number of hydrogen-bond acceptors (Lipinski definition) is 4. The molecule has 6 nitrogen and oxygen atoms in total. The van der Waals surface area contributed by atoms with Crippen molar-refractivity contribution in [3.05, 3.63) is 72.2 Å². The molecule has 0 saturated carbocycles. The van der Waals surface area contributed by atoms with E-state index in [4.69, 9.17) is 0 Å². The number of halogens is 1. The van der Waals surface area contributed by atoms with Gasteiger partial charge in [0.25, 0.3) is 0 Å². The molecule has 1 aliphatic rings. The highest BCUT2D eigenvalue weighted by atomic mass is 32.2. The molecule has 4 rings (SSSR count). The average molecular weight is 386 g/mol. The van der Waals surface area contributed by atoms with Crippen LogP contribution >= 0.6 is 0 Å². The van der Waals surface area contributed by atoms with E-state index in [2.05, 4.69) is 10.3 Å². The fourth-order valence-electron chi connectivity index (χ4n) is 3.30. The van der Waals surface area contributed by atoms with Crippen LogP contribution < -0.4 is 0 Å². The number of hydrogen-bond donors (Lipinski definition) is 0. The van der Waals surface area contributed by atoms with E-state index in [0.717, 1.165) is 11.3 Å². The molecule has 3 aromatic rings. The van der Waals surface area contributed by atoms with E-state index < -0.39 is 15.8 Å². The van der Waals surface area contributed by atoms with Crippen molar-refractivity contribution < 1.29 is 12.8 Å². The van der Waals surface area contributed by atoms with Crippen molar-refractivity contribution in [2.24, 2.45) is 0 Å². The lowest BCUT2D eigenvalue weighted by molar-refractivity contribution is 0.428. The summed E-state index contributed by atoms with van der Waals surface area (Å²) in [4.78, 5) is 0. The predicted molar refractivity (Wildman–Crippen MR) is 99.7 cm³/mol. The molecule has 0 amide bonds. The van der Waals surface area contributed by atoms with E-state index in [1.807, 2.05) is 36.5 Å². The van der Waals surface area contributed by atoms with E-state index in [-0.39, 0.29) is 11.8 Å². The standard InChI is InChI=1S/C19H19FN4O2S/c20-17-8-4-5-15(11-17)14-27(25,26)23-10-9-18(12-23)24-13-19(21-22-24)16-6-2-1-3-7-16/h1-8,11,13,18H,9-10,12,14H2. The molecule has 1 atom stereocenters.